The van der Waals surface area contributed by atoms with Gasteiger partial charge >= 0.3 is 0 Å². The maximum absolute atomic E-state index is 13.5. The number of methoxy groups -OCH3 is 1. The summed E-state index contributed by atoms with van der Waals surface area (Å²) in [6, 6.07) is 13.4. The third-order valence-corrected chi connectivity index (χ3v) is 8.36. The first-order valence-corrected chi connectivity index (χ1v) is 14.8. The second-order valence-electron chi connectivity index (χ2n) is 11.7. The van der Waals surface area contributed by atoms with Crippen molar-refractivity contribution in [2.24, 2.45) is 13.0 Å². The Kier molecular flexibility index (Phi) is 8.03. The molecule has 43 heavy (non-hydrogen) atoms. The number of benzene rings is 2. The van der Waals surface area contributed by atoms with Crippen LogP contribution in [0.25, 0.3) is 22.2 Å². The average Bonchev–Trinajstić information content (AvgIpc) is 3.85. The molecule has 1 saturated heterocycles. The number of nitrogens with one attached hydrogen (secondary N) is 2. The lowest BCUT2D eigenvalue weighted by Gasteiger charge is -2.29. The van der Waals surface area contributed by atoms with Gasteiger partial charge in [-0.1, -0.05) is 29.8 Å². The molecule has 2 N–H and O–H groups in total. The van der Waals surface area contributed by atoms with E-state index >= 15 is 0 Å². The van der Waals surface area contributed by atoms with E-state index in [4.69, 9.17) is 14.5 Å². The van der Waals surface area contributed by atoms with E-state index in [1.165, 1.54) is 4.57 Å². The van der Waals surface area contributed by atoms with Gasteiger partial charge in [-0.05, 0) is 82.4 Å². The molecule has 0 radical (unpaired) electrons. The van der Waals surface area contributed by atoms with Gasteiger partial charge in [-0.25, -0.2) is 9.97 Å². The van der Waals surface area contributed by atoms with Crippen molar-refractivity contribution in [3.05, 3.63) is 70.1 Å². The summed E-state index contributed by atoms with van der Waals surface area (Å²) in [4.78, 5) is 38.2. The predicted octanol–water partition coefficient (Wildman–Crippen LogP) is 4.67. The predicted molar refractivity (Wildman–Crippen MR) is 167 cm³/mol. The van der Waals surface area contributed by atoms with Gasteiger partial charge in [-0.3, -0.25) is 9.59 Å². The zero-order valence-corrected chi connectivity index (χ0v) is 25.1. The zero-order valence-electron chi connectivity index (χ0n) is 25.1. The molecule has 4 aromatic rings. The minimum Gasteiger partial charge on any atom is -0.495 e. The van der Waals surface area contributed by atoms with E-state index in [-0.39, 0.29) is 17.5 Å². The number of rotatable bonds is 9. The van der Waals surface area contributed by atoms with Gasteiger partial charge in [0.05, 0.1) is 36.7 Å². The summed E-state index contributed by atoms with van der Waals surface area (Å²) in [5.41, 5.74) is 4.73. The Morgan fingerprint density at radius 2 is 1.79 bits per heavy atom. The van der Waals surface area contributed by atoms with E-state index in [0.717, 1.165) is 49.9 Å². The Hall–Kier alpha value is -4.44. The normalized spacial score (nSPS) is 15.8. The molecular weight excluding hydrogens is 544 g/mol. The first-order valence-electron chi connectivity index (χ1n) is 14.8. The number of amides is 1. The lowest BCUT2D eigenvalue weighted by atomic mass is 10.0. The molecule has 1 aliphatic carbocycles. The van der Waals surface area contributed by atoms with Gasteiger partial charge in [-0.15, -0.1) is 0 Å². The molecule has 0 atom stereocenters. The minimum atomic E-state index is -0.219. The van der Waals surface area contributed by atoms with Crippen molar-refractivity contribution in [3.8, 4) is 22.6 Å². The summed E-state index contributed by atoms with van der Waals surface area (Å²) in [6.07, 6.45) is 5.74. The van der Waals surface area contributed by atoms with Gasteiger partial charge in [0.15, 0.2) is 5.75 Å². The van der Waals surface area contributed by atoms with Gasteiger partial charge < -0.3 is 29.6 Å². The molecule has 3 heterocycles. The van der Waals surface area contributed by atoms with Crippen molar-refractivity contribution >= 4 is 28.6 Å². The molecule has 224 valence electrons. The molecule has 1 saturated carbocycles. The monoisotopic (exact) mass is 582 g/mol. The van der Waals surface area contributed by atoms with Crippen molar-refractivity contribution in [1.29, 1.82) is 0 Å². The summed E-state index contributed by atoms with van der Waals surface area (Å²) in [5, 5.41) is 6.41. The van der Waals surface area contributed by atoms with Gasteiger partial charge in [-0.2, -0.15) is 0 Å². The molecule has 2 aromatic heterocycles. The number of hydrogen-bond donors (Lipinski definition) is 2. The van der Waals surface area contributed by atoms with Gasteiger partial charge in [0.2, 0.25) is 5.95 Å². The largest absolute Gasteiger partial charge is 0.495 e. The maximum Gasteiger partial charge on any atom is 0.293 e. The molecule has 1 aliphatic heterocycles. The summed E-state index contributed by atoms with van der Waals surface area (Å²) < 4.78 is 13.4. The highest BCUT2D eigenvalue weighted by Gasteiger charge is 2.26. The van der Waals surface area contributed by atoms with Gasteiger partial charge in [0.1, 0.15) is 11.3 Å². The molecule has 10 nitrogen and oxygen atoms in total. The van der Waals surface area contributed by atoms with Crippen LogP contribution in [0.15, 0.2) is 53.5 Å². The highest BCUT2D eigenvalue weighted by Crippen LogP contribution is 2.37. The fraction of sp³-hybridized carbons (Fsp3) is 0.394. The molecule has 10 heteroatoms. The van der Waals surface area contributed by atoms with Crippen LogP contribution in [0.4, 0.5) is 11.6 Å². The number of carbonyl (C=O) groups excluding carboxylic acids is 1. The zero-order chi connectivity index (χ0) is 30.1. The van der Waals surface area contributed by atoms with Crippen LogP contribution < -0.4 is 25.7 Å². The fourth-order valence-electron chi connectivity index (χ4n) is 5.43. The van der Waals surface area contributed by atoms with Crippen molar-refractivity contribution < 1.29 is 14.3 Å². The van der Waals surface area contributed by atoms with Gasteiger partial charge in [0, 0.05) is 18.7 Å². The van der Waals surface area contributed by atoms with Crippen molar-refractivity contribution in [3.63, 3.8) is 0 Å². The Labute approximate surface area is 251 Å². The molecule has 2 fully saturated rings. The number of ether oxygens (including phenoxy) is 2. The summed E-state index contributed by atoms with van der Waals surface area (Å²) in [5.74, 6) is 1.48. The lowest BCUT2D eigenvalue weighted by molar-refractivity contribution is 0.0916. The van der Waals surface area contributed by atoms with Crippen LogP contribution in [0.5, 0.6) is 11.5 Å². The second-order valence-corrected chi connectivity index (χ2v) is 11.7. The van der Waals surface area contributed by atoms with E-state index in [1.807, 2.05) is 31.2 Å². The van der Waals surface area contributed by atoms with Crippen LogP contribution in [0, 0.1) is 12.8 Å². The van der Waals surface area contributed by atoms with Crippen LogP contribution in [0.2, 0.25) is 0 Å². The Morgan fingerprint density at radius 1 is 1.05 bits per heavy atom. The van der Waals surface area contributed by atoms with E-state index in [0.29, 0.717) is 57.8 Å². The van der Waals surface area contributed by atoms with E-state index < -0.39 is 0 Å². The molecule has 6 rings (SSSR count). The van der Waals surface area contributed by atoms with Crippen molar-refractivity contribution in [2.45, 2.75) is 38.6 Å². The van der Waals surface area contributed by atoms with Crippen LogP contribution in [0.1, 0.15) is 41.6 Å². The van der Waals surface area contributed by atoms with Crippen LogP contribution in [-0.4, -0.2) is 65.2 Å². The van der Waals surface area contributed by atoms with Crippen LogP contribution in [0.3, 0.4) is 0 Å². The third kappa shape index (κ3) is 6.19. The topological polar surface area (TPSA) is 111 Å². The van der Waals surface area contributed by atoms with E-state index in [2.05, 4.69) is 27.6 Å². The molecule has 0 unspecified atom stereocenters. The summed E-state index contributed by atoms with van der Waals surface area (Å²) in [7, 11) is 5.37. The minimum absolute atomic E-state index is 0.122. The molecule has 2 aliphatic rings. The molecule has 0 bridgehead atoms. The van der Waals surface area contributed by atoms with E-state index in [9.17, 15) is 9.59 Å². The van der Waals surface area contributed by atoms with Gasteiger partial charge in [0.25, 0.3) is 11.5 Å². The molecular formula is C33H38N6O4. The Morgan fingerprint density at radius 3 is 2.49 bits per heavy atom. The maximum atomic E-state index is 13.5. The second kappa shape index (κ2) is 12.0. The smallest absolute Gasteiger partial charge is 0.293 e. The highest BCUT2D eigenvalue weighted by atomic mass is 16.5. The quantitative estimate of drug-likeness (QED) is 0.293. The highest BCUT2D eigenvalue weighted by molar-refractivity contribution is 5.96. The number of carbonyl (C=O) groups is 1. The average molecular weight is 583 g/mol. The fourth-order valence-corrected chi connectivity index (χ4v) is 5.43. The van der Waals surface area contributed by atoms with E-state index in [1.54, 1.807) is 38.6 Å². The van der Waals surface area contributed by atoms with Crippen LogP contribution in [-0.2, 0) is 7.05 Å². The molecule has 1 amide bonds. The number of fused-ring (bicyclic) bond motifs is 1. The first-order chi connectivity index (χ1) is 20.8. The Bertz CT molecular complexity index is 1710. The Balaban J connectivity index is 1.33. The first kappa shape index (κ1) is 28.7. The summed E-state index contributed by atoms with van der Waals surface area (Å²) in [6.45, 7) is 4.47. The summed E-state index contributed by atoms with van der Waals surface area (Å²) >= 11 is 0. The number of aromatic nitrogens is 3. The SMILES string of the molecule is COc1cc(C(=O)NC2CCN(C)CC2)ccc1Nc1ncc2c(n1)c(-c1ccc(C)cc1)c(OCC1CC1)c(=O)n2C. The van der Waals surface area contributed by atoms with Crippen molar-refractivity contribution in [1.82, 2.24) is 24.8 Å². The number of hydrogen-bond acceptors (Lipinski definition) is 8. The van der Waals surface area contributed by atoms with Crippen molar-refractivity contribution in [2.75, 3.05) is 39.2 Å². The third-order valence-electron chi connectivity index (χ3n) is 8.36. The number of piperidine rings is 1. The molecule has 2 aromatic carbocycles. The number of pyridine rings is 1. The standard InChI is InChI=1S/C33H38N6O4/c1-20-5-9-22(10-6-20)28-29-26(39(3)32(41)30(28)43-19-21-7-8-21)18-34-33(37-29)36-25-12-11-23(17-27(25)42-4)31(40)35-24-13-15-38(2)16-14-24/h5-6,9-12,17-18,21,24H,7-8,13-16,19H2,1-4H3,(H,35,40)(H,34,36,37). The van der Waals surface area contributed by atoms with Crippen LogP contribution >= 0.6 is 0 Å². The molecule has 0 spiro atoms. The number of nitrogens with zero attached hydrogens (tertiary/aromatic N) is 4. The lowest BCUT2D eigenvalue weighted by Crippen LogP contribution is -2.43. The number of anilines is 2. The number of aryl methyl sites for hydroxylation is 2. The number of likely N-dealkylation sites (tertiary alicyclic amines) is 1.